The Labute approximate surface area is 164 Å². The van der Waals surface area contributed by atoms with Gasteiger partial charge in [0, 0.05) is 25.1 Å². The molecule has 0 aromatic heterocycles. The molecule has 1 N–H and O–H groups in total. The summed E-state index contributed by atoms with van der Waals surface area (Å²) in [5.74, 6) is 1.49. The van der Waals surface area contributed by atoms with Gasteiger partial charge in [0.2, 0.25) is 5.91 Å². The number of nitro groups is 1. The minimum atomic E-state index is -0.416. The number of nitrogens with zero attached hydrogens (tertiary/aromatic N) is 1. The third kappa shape index (κ3) is 5.97. The van der Waals surface area contributed by atoms with Crippen LogP contribution in [0.15, 0.2) is 42.5 Å². The van der Waals surface area contributed by atoms with Crippen LogP contribution in [0.1, 0.15) is 36.8 Å². The molecule has 0 bridgehead atoms. The minimum absolute atomic E-state index is 0.00533. The zero-order valence-electron chi connectivity index (χ0n) is 16.4. The number of hydrogen-bond donors (Lipinski definition) is 1. The lowest BCUT2D eigenvalue weighted by atomic mass is 9.96. The molecule has 1 amide bonds. The van der Waals surface area contributed by atoms with Crippen LogP contribution >= 0.6 is 0 Å². The third-order valence-corrected chi connectivity index (χ3v) is 4.66. The molecule has 0 spiro atoms. The standard InChI is InChI=1S/C21H26N2O5/c1-15(17-6-8-18(9-7-17)23(25)26)4-11-21(24)22-13-12-16-5-10-19(27-2)20(14-16)28-3/h5-10,14-15H,4,11-13H2,1-3H3,(H,22,24). The maximum absolute atomic E-state index is 12.1. The Balaban J connectivity index is 1.76. The average Bonchev–Trinajstić information content (AvgIpc) is 2.71. The molecule has 2 rings (SSSR count). The number of rotatable bonds is 10. The van der Waals surface area contributed by atoms with Crippen molar-refractivity contribution >= 4 is 11.6 Å². The zero-order chi connectivity index (χ0) is 20.5. The summed E-state index contributed by atoms with van der Waals surface area (Å²) >= 11 is 0. The van der Waals surface area contributed by atoms with Crippen LogP contribution < -0.4 is 14.8 Å². The van der Waals surface area contributed by atoms with Gasteiger partial charge in [-0.15, -0.1) is 0 Å². The van der Waals surface area contributed by atoms with Crippen molar-refractivity contribution in [3.05, 3.63) is 63.7 Å². The van der Waals surface area contributed by atoms with E-state index in [1.807, 2.05) is 25.1 Å². The predicted molar refractivity (Wildman–Crippen MR) is 107 cm³/mol. The Kier molecular flexibility index (Phi) is 7.80. The largest absolute Gasteiger partial charge is 0.493 e. The van der Waals surface area contributed by atoms with Gasteiger partial charge in [0.15, 0.2) is 11.5 Å². The molecule has 2 aromatic rings. The maximum atomic E-state index is 12.1. The second-order valence-corrected chi connectivity index (χ2v) is 6.58. The van der Waals surface area contributed by atoms with E-state index in [0.717, 1.165) is 11.1 Å². The van der Waals surface area contributed by atoms with Crippen LogP contribution in [-0.2, 0) is 11.2 Å². The maximum Gasteiger partial charge on any atom is 0.269 e. The smallest absolute Gasteiger partial charge is 0.269 e. The van der Waals surface area contributed by atoms with Crippen LogP contribution in [0, 0.1) is 10.1 Å². The summed E-state index contributed by atoms with van der Waals surface area (Å²) in [5, 5.41) is 13.6. The fourth-order valence-corrected chi connectivity index (χ4v) is 2.91. The minimum Gasteiger partial charge on any atom is -0.493 e. The molecule has 0 saturated carbocycles. The molecule has 1 unspecified atom stereocenters. The molecular formula is C21H26N2O5. The van der Waals surface area contributed by atoms with E-state index in [1.54, 1.807) is 26.4 Å². The van der Waals surface area contributed by atoms with Crippen molar-refractivity contribution in [2.24, 2.45) is 0 Å². The molecule has 0 aliphatic heterocycles. The summed E-state index contributed by atoms with van der Waals surface area (Å²) in [5.41, 5.74) is 2.12. The average molecular weight is 386 g/mol. The van der Waals surface area contributed by atoms with Crippen molar-refractivity contribution in [3.63, 3.8) is 0 Å². The second-order valence-electron chi connectivity index (χ2n) is 6.58. The van der Waals surface area contributed by atoms with Crippen molar-refractivity contribution in [2.45, 2.75) is 32.1 Å². The van der Waals surface area contributed by atoms with Gasteiger partial charge in [0.25, 0.3) is 5.69 Å². The molecule has 0 heterocycles. The molecule has 0 radical (unpaired) electrons. The highest BCUT2D eigenvalue weighted by molar-refractivity contribution is 5.75. The van der Waals surface area contributed by atoms with Crippen molar-refractivity contribution in [1.29, 1.82) is 0 Å². The number of carbonyl (C=O) groups excluding carboxylic acids is 1. The van der Waals surface area contributed by atoms with Crippen molar-refractivity contribution < 1.29 is 19.2 Å². The molecule has 7 heteroatoms. The van der Waals surface area contributed by atoms with Crippen molar-refractivity contribution in [3.8, 4) is 11.5 Å². The van der Waals surface area contributed by atoms with Gasteiger partial charge in [-0.1, -0.05) is 25.1 Å². The van der Waals surface area contributed by atoms with Crippen LogP contribution in [0.5, 0.6) is 11.5 Å². The predicted octanol–water partition coefficient (Wildman–Crippen LogP) is 3.85. The Morgan fingerprint density at radius 3 is 2.39 bits per heavy atom. The fourth-order valence-electron chi connectivity index (χ4n) is 2.91. The van der Waals surface area contributed by atoms with Crippen LogP contribution in [0.3, 0.4) is 0 Å². The van der Waals surface area contributed by atoms with Gasteiger partial charge in [0.1, 0.15) is 0 Å². The van der Waals surface area contributed by atoms with Gasteiger partial charge in [-0.25, -0.2) is 0 Å². The monoisotopic (exact) mass is 386 g/mol. The number of methoxy groups -OCH3 is 2. The molecule has 150 valence electrons. The molecule has 28 heavy (non-hydrogen) atoms. The number of benzene rings is 2. The Morgan fingerprint density at radius 2 is 1.79 bits per heavy atom. The number of amides is 1. The van der Waals surface area contributed by atoms with Crippen molar-refractivity contribution in [2.75, 3.05) is 20.8 Å². The van der Waals surface area contributed by atoms with Gasteiger partial charge in [-0.05, 0) is 42.0 Å². The quantitative estimate of drug-likeness (QED) is 0.495. The first-order valence-electron chi connectivity index (χ1n) is 9.16. The summed E-state index contributed by atoms with van der Waals surface area (Å²) < 4.78 is 10.5. The number of nitrogens with one attached hydrogen (secondary N) is 1. The zero-order valence-corrected chi connectivity index (χ0v) is 16.4. The topological polar surface area (TPSA) is 90.7 Å². The number of non-ortho nitro benzene ring substituents is 1. The Morgan fingerprint density at radius 1 is 1.11 bits per heavy atom. The molecular weight excluding hydrogens is 360 g/mol. The first-order valence-corrected chi connectivity index (χ1v) is 9.16. The van der Waals surface area contributed by atoms with E-state index in [4.69, 9.17) is 9.47 Å². The van der Waals surface area contributed by atoms with E-state index in [9.17, 15) is 14.9 Å². The highest BCUT2D eigenvalue weighted by Crippen LogP contribution is 2.27. The molecule has 2 aromatic carbocycles. The number of carbonyl (C=O) groups is 1. The van der Waals surface area contributed by atoms with Crippen LogP contribution in [0.25, 0.3) is 0 Å². The van der Waals surface area contributed by atoms with E-state index in [1.165, 1.54) is 12.1 Å². The lowest BCUT2D eigenvalue weighted by molar-refractivity contribution is -0.384. The lowest BCUT2D eigenvalue weighted by Gasteiger charge is -2.12. The third-order valence-electron chi connectivity index (χ3n) is 4.66. The summed E-state index contributed by atoms with van der Waals surface area (Å²) in [6.07, 6.45) is 1.79. The van der Waals surface area contributed by atoms with Gasteiger partial charge in [-0.3, -0.25) is 14.9 Å². The van der Waals surface area contributed by atoms with Gasteiger partial charge in [0.05, 0.1) is 19.1 Å². The summed E-state index contributed by atoms with van der Waals surface area (Å²) in [6.45, 7) is 2.55. The van der Waals surface area contributed by atoms with E-state index >= 15 is 0 Å². The molecule has 0 saturated heterocycles. The molecule has 7 nitrogen and oxygen atoms in total. The van der Waals surface area contributed by atoms with E-state index in [2.05, 4.69) is 5.32 Å². The fraction of sp³-hybridized carbons (Fsp3) is 0.381. The van der Waals surface area contributed by atoms with E-state index < -0.39 is 4.92 Å². The van der Waals surface area contributed by atoms with E-state index in [0.29, 0.717) is 37.3 Å². The van der Waals surface area contributed by atoms with E-state index in [-0.39, 0.29) is 17.5 Å². The highest BCUT2D eigenvalue weighted by Gasteiger charge is 2.11. The second kappa shape index (κ2) is 10.3. The van der Waals surface area contributed by atoms with Crippen LogP contribution in [0.4, 0.5) is 5.69 Å². The first kappa shape index (κ1) is 21.2. The number of ether oxygens (including phenoxy) is 2. The number of hydrogen-bond acceptors (Lipinski definition) is 5. The molecule has 0 fully saturated rings. The SMILES string of the molecule is COc1ccc(CCNC(=O)CCC(C)c2ccc([N+](=O)[O-])cc2)cc1OC. The van der Waals surface area contributed by atoms with Crippen molar-refractivity contribution in [1.82, 2.24) is 5.32 Å². The lowest BCUT2D eigenvalue weighted by Crippen LogP contribution is -2.25. The van der Waals surface area contributed by atoms with Gasteiger partial charge >= 0.3 is 0 Å². The summed E-state index contributed by atoms with van der Waals surface area (Å²) in [6, 6.07) is 12.2. The van der Waals surface area contributed by atoms with Gasteiger partial charge < -0.3 is 14.8 Å². The molecule has 1 atom stereocenters. The van der Waals surface area contributed by atoms with Gasteiger partial charge in [-0.2, -0.15) is 0 Å². The molecule has 0 aliphatic carbocycles. The van der Waals surface area contributed by atoms with Crippen LogP contribution in [0.2, 0.25) is 0 Å². The highest BCUT2D eigenvalue weighted by atomic mass is 16.6. The normalized spacial score (nSPS) is 11.5. The number of nitro benzene ring substituents is 1. The Bertz CT molecular complexity index is 805. The molecule has 0 aliphatic rings. The Hall–Kier alpha value is -3.09. The van der Waals surface area contributed by atoms with Crippen LogP contribution in [-0.4, -0.2) is 31.6 Å². The summed E-state index contributed by atoms with van der Waals surface area (Å²) in [7, 11) is 3.19. The summed E-state index contributed by atoms with van der Waals surface area (Å²) in [4.78, 5) is 22.4. The first-order chi connectivity index (χ1) is 13.4.